The fourth-order valence-corrected chi connectivity index (χ4v) is 2.74. The molecule has 6 heteroatoms. The minimum absolute atomic E-state index is 0.0628. The molecule has 0 aliphatic rings. The molecule has 0 aliphatic heterocycles. The van der Waals surface area contributed by atoms with Crippen LogP contribution in [0.1, 0.15) is 33.3 Å². The Hall–Kier alpha value is -2.86. The first kappa shape index (κ1) is 22.4. The highest BCUT2D eigenvalue weighted by Gasteiger charge is 2.21. The van der Waals surface area contributed by atoms with Gasteiger partial charge in [0.05, 0.1) is 19.7 Å². The lowest BCUT2D eigenvalue weighted by molar-refractivity contribution is -0.122. The molecule has 2 amide bonds. The third kappa shape index (κ3) is 6.61. The normalized spacial score (nSPS) is 12.4. The average molecular weight is 398 g/mol. The standard InChI is InChI=1S/C23H31N3O3/c1-16(22(28)25-19-9-7-17(8-10-19)23(2,3)4)26(5)15-21(27)24-18-11-13-20(29-6)14-12-18/h7-14,16H,15H2,1-6H3,(H,24,27)(H,25,28)/t16-/m1/s1. The van der Waals surface area contributed by atoms with Gasteiger partial charge in [-0.05, 0) is 61.3 Å². The van der Waals surface area contributed by atoms with Crippen molar-refractivity contribution in [3.8, 4) is 5.75 Å². The van der Waals surface area contributed by atoms with E-state index >= 15 is 0 Å². The number of nitrogens with zero attached hydrogens (tertiary/aromatic N) is 1. The molecule has 2 N–H and O–H groups in total. The predicted molar refractivity (Wildman–Crippen MR) is 117 cm³/mol. The molecule has 0 saturated carbocycles. The van der Waals surface area contributed by atoms with Gasteiger partial charge in [-0.15, -0.1) is 0 Å². The topological polar surface area (TPSA) is 70.7 Å². The largest absolute Gasteiger partial charge is 0.497 e. The van der Waals surface area contributed by atoms with Crippen LogP contribution in [-0.4, -0.2) is 43.5 Å². The molecule has 1 atom stereocenters. The molecule has 0 spiro atoms. The van der Waals surface area contributed by atoms with E-state index in [0.29, 0.717) is 5.69 Å². The number of hydrogen-bond acceptors (Lipinski definition) is 4. The summed E-state index contributed by atoms with van der Waals surface area (Å²) >= 11 is 0. The maximum Gasteiger partial charge on any atom is 0.241 e. The van der Waals surface area contributed by atoms with Crippen LogP contribution in [0.5, 0.6) is 5.75 Å². The Morgan fingerprint density at radius 1 is 0.966 bits per heavy atom. The van der Waals surface area contributed by atoms with Gasteiger partial charge in [0.15, 0.2) is 0 Å². The van der Waals surface area contributed by atoms with Crippen molar-refractivity contribution in [2.24, 2.45) is 0 Å². The highest BCUT2D eigenvalue weighted by Crippen LogP contribution is 2.23. The maximum absolute atomic E-state index is 12.5. The summed E-state index contributed by atoms with van der Waals surface area (Å²) in [6.07, 6.45) is 0. The molecule has 0 bridgehead atoms. The van der Waals surface area contributed by atoms with Crippen LogP contribution in [0.15, 0.2) is 48.5 Å². The molecule has 2 rings (SSSR count). The van der Waals surface area contributed by atoms with Gasteiger partial charge < -0.3 is 15.4 Å². The van der Waals surface area contributed by atoms with E-state index in [1.165, 1.54) is 5.56 Å². The van der Waals surface area contributed by atoms with E-state index in [-0.39, 0.29) is 23.8 Å². The number of methoxy groups -OCH3 is 1. The van der Waals surface area contributed by atoms with Crippen molar-refractivity contribution >= 4 is 23.2 Å². The Kier molecular flexibility index (Phi) is 7.40. The molecule has 156 valence electrons. The van der Waals surface area contributed by atoms with Gasteiger partial charge in [0.25, 0.3) is 0 Å². The first-order valence-electron chi connectivity index (χ1n) is 9.65. The molecule has 2 aromatic rings. The summed E-state index contributed by atoms with van der Waals surface area (Å²) in [7, 11) is 3.34. The number of carbonyl (C=O) groups is 2. The molecule has 2 aromatic carbocycles. The maximum atomic E-state index is 12.5. The molecule has 6 nitrogen and oxygen atoms in total. The zero-order valence-electron chi connectivity index (χ0n) is 18.1. The first-order valence-corrected chi connectivity index (χ1v) is 9.65. The Morgan fingerprint density at radius 2 is 1.48 bits per heavy atom. The Bertz CT molecular complexity index is 824. The lowest BCUT2D eigenvalue weighted by Gasteiger charge is -2.24. The van der Waals surface area contributed by atoms with Crippen molar-refractivity contribution in [3.05, 3.63) is 54.1 Å². The predicted octanol–water partition coefficient (Wildman–Crippen LogP) is 3.89. The highest BCUT2D eigenvalue weighted by atomic mass is 16.5. The monoisotopic (exact) mass is 397 g/mol. The van der Waals surface area contributed by atoms with Crippen LogP contribution < -0.4 is 15.4 Å². The van der Waals surface area contributed by atoms with Gasteiger partial charge in [0, 0.05) is 11.4 Å². The summed E-state index contributed by atoms with van der Waals surface area (Å²) in [5.74, 6) is 0.376. The van der Waals surface area contributed by atoms with Crippen molar-refractivity contribution in [1.29, 1.82) is 0 Å². The second kappa shape index (κ2) is 9.56. The SMILES string of the molecule is COc1ccc(NC(=O)CN(C)[C@H](C)C(=O)Nc2ccc(C(C)(C)C)cc2)cc1. The van der Waals surface area contributed by atoms with Crippen molar-refractivity contribution in [2.45, 2.75) is 39.2 Å². The zero-order chi connectivity index (χ0) is 21.6. The third-order valence-corrected chi connectivity index (χ3v) is 4.83. The summed E-state index contributed by atoms with van der Waals surface area (Å²) in [5.41, 5.74) is 2.69. The summed E-state index contributed by atoms with van der Waals surface area (Å²) < 4.78 is 5.10. The van der Waals surface area contributed by atoms with Crippen molar-refractivity contribution in [1.82, 2.24) is 4.90 Å². The zero-order valence-corrected chi connectivity index (χ0v) is 18.1. The van der Waals surface area contributed by atoms with E-state index in [9.17, 15) is 9.59 Å². The van der Waals surface area contributed by atoms with Gasteiger partial charge >= 0.3 is 0 Å². The smallest absolute Gasteiger partial charge is 0.241 e. The Morgan fingerprint density at radius 3 is 2.00 bits per heavy atom. The molecule has 0 radical (unpaired) electrons. The van der Waals surface area contributed by atoms with Gasteiger partial charge in [0.1, 0.15) is 5.75 Å². The number of benzene rings is 2. The molecule has 0 aromatic heterocycles. The van der Waals surface area contributed by atoms with E-state index in [1.807, 2.05) is 24.3 Å². The first-order chi connectivity index (χ1) is 13.6. The van der Waals surface area contributed by atoms with E-state index in [0.717, 1.165) is 11.4 Å². The minimum atomic E-state index is -0.459. The number of likely N-dealkylation sites (N-methyl/N-ethyl adjacent to an activating group) is 1. The van der Waals surface area contributed by atoms with Gasteiger partial charge in [-0.1, -0.05) is 32.9 Å². The highest BCUT2D eigenvalue weighted by molar-refractivity contribution is 5.96. The van der Waals surface area contributed by atoms with Crippen LogP contribution in [0, 0.1) is 0 Å². The van der Waals surface area contributed by atoms with Crippen molar-refractivity contribution in [2.75, 3.05) is 31.3 Å². The quantitative estimate of drug-likeness (QED) is 0.744. The van der Waals surface area contributed by atoms with Gasteiger partial charge in [-0.25, -0.2) is 0 Å². The van der Waals surface area contributed by atoms with Crippen LogP contribution in [0.3, 0.4) is 0 Å². The van der Waals surface area contributed by atoms with Gasteiger partial charge in [0.2, 0.25) is 11.8 Å². The van der Waals surface area contributed by atoms with Crippen LogP contribution in [0.2, 0.25) is 0 Å². The molecule has 0 fully saturated rings. The third-order valence-electron chi connectivity index (χ3n) is 4.83. The summed E-state index contributed by atoms with van der Waals surface area (Å²) in [4.78, 5) is 26.5. The molecule has 0 saturated heterocycles. The van der Waals surface area contributed by atoms with Crippen molar-refractivity contribution in [3.63, 3.8) is 0 Å². The number of amides is 2. The summed E-state index contributed by atoms with van der Waals surface area (Å²) in [5, 5.41) is 5.73. The van der Waals surface area contributed by atoms with E-state index < -0.39 is 6.04 Å². The van der Waals surface area contributed by atoms with E-state index in [2.05, 4.69) is 31.4 Å². The lowest BCUT2D eigenvalue weighted by atomic mass is 9.87. The molecular weight excluding hydrogens is 366 g/mol. The number of hydrogen-bond donors (Lipinski definition) is 2. The minimum Gasteiger partial charge on any atom is -0.497 e. The van der Waals surface area contributed by atoms with Crippen LogP contribution in [0.4, 0.5) is 11.4 Å². The second-order valence-corrected chi connectivity index (χ2v) is 8.18. The van der Waals surface area contributed by atoms with Gasteiger partial charge in [-0.3, -0.25) is 14.5 Å². The van der Waals surface area contributed by atoms with Crippen LogP contribution in [-0.2, 0) is 15.0 Å². The lowest BCUT2D eigenvalue weighted by Crippen LogP contribution is -2.43. The Balaban J connectivity index is 1.88. The number of nitrogens with one attached hydrogen (secondary N) is 2. The molecular formula is C23H31N3O3. The molecule has 29 heavy (non-hydrogen) atoms. The second-order valence-electron chi connectivity index (χ2n) is 8.18. The molecule has 0 heterocycles. The van der Waals surface area contributed by atoms with E-state index in [4.69, 9.17) is 4.74 Å². The average Bonchev–Trinajstić information content (AvgIpc) is 2.67. The fourth-order valence-electron chi connectivity index (χ4n) is 2.74. The number of ether oxygens (including phenoxy) is 1. The summed E-state index contributed by atoms with van der Waals surface area (Å²) in [6, 6.07) is 14.5. The van der Waals surface area contributed by atoms with Gasteiger partial charge in [-0.2, -0.15) is 0 Å². The van der Waals surface area contributed by atoms with Crippen LogP contribution >= 0.6 is 0 Å². The summed E-state index contributed by atoms with van der Waals surface area (Å²) in [6.45, 7) is 8.32. The number of rotatable bonds is 7. The number of carbonyl (C=O) groups excluding carboxylic acids is 2. The fraction of sp³-hybridized carbons (Fsp3) is 0.391. The molecule has 0 aliphatic carbocycles. The van der Waals surface area contributed by atoms with Crippen LogP contribution in [0.25, 0.3) is 0 Å². The number of anilines is 2. The molecule has 0 unspecified atom stereocenters. The van der Waals surface area contributed by atoms with Crippen molar-refractivity contribution < 1.29 is 14.3 Å². The Labute approximate surface area is 173 Å². The van der Waals surface area contributed by atoms with E-state index in [1.54, 1.807) is 50.2 Å².